The highest BCUT2D eigenvalue weighted by molar-refractivity contribution is 5.92. The zero-order valence-electron chi connectivity index (χ0n) is 9.23. The smallest absolute Gasteiger partial charge is 0.126 e. The fraction of sp³-hybridized carbons (Fsp3) is 0.250. The molecule has 84 valence electrons. The Kier molecular flexibility index (Phi) is 3.22. The number of aromatic nitrogens is 1. The summed E-state index contributed by atoms with van der Waals surface area (Å²) in [7, 11) is 1.68. The molecule has 4 nitrogen and oxygen atoms in total. The second-order valence-corrected chi connectivity index (χ2v) is 3.53. The van der Waals surface area contributed by atoms with E-state index in [-0.39, 0.29) is 0 Å². The lowest BCUT2D eigenvalue weighted by Gasteiger charge is -2.09. The van der Waals surface area contributed by atoms with Crippen LogP contribution >= 0.6 is 0 Å². The number of nitrogens with two attached hydrogens (primary N) is 1. The lowest BCUT2D eigenvalue weighted by atomic mass is 10.2. The van der Waals surface area contributed by atoms with Gasteiger partial charge >= 0.3 is 0 Å². The third-order valence-electron chi connectivity index (χ3n) is 2.36. The van der Waals surface area contributed by atoms with E-state index >= 15 is 0 Å². The van der Waals surface area contributed by atoms with Crippen LogP contribution in [-0.2, 0) is 4.74 Å². The van der Waals surface area contributed by atoms with Gasteiger partial charge in [0.15, 0.2) is 0 Å². The molecule has 0 fully saturated rings. The summed E-state index contributed by atoms with van der Waals surface area (Å²) in [5, 5.41) is 4.36. The van der Waals surface area contributed by atoms with Crippen LogP contribution in [0.25, 0.3) is 10.9 Å². The molecular formula is C12H15N3O. The van der Waals surface area contributed by atoms with Crippen LogP contribution in [0.2, 0.25) is 0 Å². The van der Waals surface area contributed by atoms with Crippen molar-refractivity contribution in [2.24, 2.45) is 0 Å². The monoisotopic (exact) mass is 217 g/mol. The summed E-state index contributed by atoms with van der Waals surface area (Å²) in [6.45, 7) is 1.42. The summed E-state index contributed by atoms with van der Waals surface area (Å²) in [5.74, 6) is 0.526. The molecule has 0 unspecified atom stereocenters. The van der Waals surface area contributed by atoms with Crippen LogP contribution in [0.1, 0.15) is 0 Å². The number of rotatable bonds is 4. The van der Waals surface area contributed by atoms with E-state index in [1.807, 2.05) is 30.3 Å². The van der Waals surface area contributed by atoms with Crippen LogP contribution in [0, 0.1) is 0 Å². The number of ether oxygens (including phenoxy) is 1. The average molecular weight is 217 g/mol. The second-order valence-electron chi connectivity index (χ2n) is 3.53. The fourth-order valence-electron chi connectivity index (χ4n) is 1.63. The Morgan fingerprint density at radius 1 is 1.38 bits per heavy atom. The van der Waals surface area contributed by atoms with Crippen LogP contribution < -0.4 is 11.1 Å². The number of anilines is 2. The van der Waals surface area contributed by atoms with E-state index in [0.717, 1.165) is 23.1 Å². The van der Waals surface area contributed by atoms with Gasteiger partial charge in [-0.3, -0.25) is 0 Å². The number of para-hydroxylation sites is 1. The predicted octanol–water partition coefficient (Wildman–Crippen LogP) is 1.88. The topological polar surface area (TPSA) is 60.2 Å². The van der Waals surface area contributed by atoms with Gasteiger partial charge in [-0.2, -0.15) is 0 Å². The predicted molar refractivity (Wildman–Crippen MR) is 66.5 cm³/mol. The number of nitrogens with zero attached hydrogens (tertiary/aromatic N) is 1. The van der Waals surface area contributed by atoms with E-state index in [2.05, 4.69) is 10.3 Å². The number of nitrogen functional groups attached to an aromatic ring is 1. The highest BCUT2D eigenvalue weighted by Crippen LogP contribution is 2.23. The third kappa shape index (κ3) is 2.23. The quantitative estimate of drug-likeness (QED) is 0.768. The van der Waals surface area contributed by atoms with Gasteiger partial charge in [0.25, 0.3) is 0 Å². The number of benzene rings is 1. The Balaban J connectivity index is 2.34. The maximum atomic E-state index is 5.75. The first-order valence-electron chi connectivity index (χ1n) is 5.19. The first-order valence-corrected chi connectivity index (χ1v) is 5.19. The largest absolute Gasteiger partial charge is 0.384 e. The highest BCUT2D eigenvalue weighted by atomic mass is 16.5. The van der Waals surface area contributed by atoms with Gasteiger partial charge in [-0.25, -0.2) is 4.98 Å². The highest BCUT2D eigenvalue weighted by Gasteiger charge is 2.02. The van der Waals surface area contributed by atoms with Gasteiger partial charge in [0.2, 0.25) is 0 Å². The van der Waals surface area contributed by atoms with Crippen molar-refractivity contribution in [3.05, 3.63) is 30.3 Å². The summed E-state index contributed by atoms with van der Waals surface area (Å²) < 4.78 is 5.00. The van der Waals surface area contributed by atoms with Gasteiger partial charge in [-0.15, -0.1) is 0 Å². The summed E-state index contributed by atoms with van der Waals surface area (Å²) in [6, 6.07) is 9.76. The molecular weight excluding hydrogens is 202 g/mol. The molecule has 2 aromatic rings. The van der Waals surface area contributed by atoms with Gasteiger partial charge in [-0.1, -0.05) is 18.2 Å². The van der Waals surface area contributed by atoms with Gasteiger partial charge in [0.05, 0.1) is 12.1 Å². The van der Waals surface area contributed by atoms with Gasteiger partial charge in [0, 0.05) is 30.8 Å². The number of hydrogen-bond acceptors (Lipinski definition) is 4. The Morgan fingerprint density at radius 2 is 2.19 bits per heavy atom. The van der Waals surface area contributed by atoms with E-state index in [9.17, 15) is 0 Å². The molecule has 0 aliphatic heterocycles. The van der Waals surface area contributed by atoms with Crippen LogP contribution in [0.5, 0.6) is 0 Å². The van der Waals surface area contributed by atoms with Crippen LogP contribution in [0.3, 0.4) is 0 Å². The van der Waals surface area contributed by atoms with Gasteiger partial charge < -0.3 is 15.8 Å². The molecule has 1 heterocycles. The van der Waals surface area contributed by atoms with Crippen molar-refractivity contribution in [3.63, 3.8) is 0 Å². The van der Waals surface area contributed by atoms with E-state index in [4.69, 9.17) is 10.5 Å². The number of nitrogens with one attached hydrogen (secondary N) is 1. The number of methoxy groups -OCH3 is 1. The van der Waals surface area contributed by atoms with E-state index in [1.54, 1.807) is 7.11 Å². The molecule has 0 bridgehead atoms. The lowest BCUT2D eigenvalue weighted by molar-refractivity contribution is 0.211. The Hall–Kier alpha value is -1.81. The Morgan fingerprint density at radius 3 is 3.00 bits per heavy atom. The molecule has 1 aromatic heterocycles. The van der Waals surface area contributed by atoms with Gasteiger partial charge in [0.1, 0.15) is 5.82 Å². The van der Waals surface area contributed by atoms with Crippen molar-refractivity contribution < 1.29 is 4.74 Å². The lowest BCUT2D eigenvalue weighted by Crippen LogP contribution is -2.08. The SMILES string of the molecule is COCCNc1cc(N)nc2ccccc12. The summed E-state index contributed by atoms with van der Waals surface area (Å²) in [4.78, 5) is 4.27. The molecule has 0 saturated carbocycles. The van der Waals surface area contributed by atoms with Crippen LogP contribution in [0.15, 0.2) is 30.3 Å². The zero-order valence-corrected chi connectivity index (χ0v) is 9.23. The molecule has 0 atom stereocenters. The molecule has 0 radical (unpaired) electrons. The average Bonchev–Trinajstić information content (AvgIpc) is 2.29. The molecule has 0 amide bonds. The van der Waals surface area contributed by atoms with Crippen LogP contribution in [0.4, 0.5) is 11.5 Å². The number of fused-ring (bicyclic) bond motifs is 1. The molecule has 3 N–H and O–H groups in total. The maximum Gasteiger partial charge on any atom is 0.126 e. The number of hydrogen-bond donors (Lipinski definition) is 2. The van der Waals surface area contributed by atoms with E-state index in [0.29, 0.717) is 12.4 Å². The first kappa shape index (κ1) is 10.7. The molecule has 4 heteroatoms. The molecule has 16 heavy (non-hydrogen) atoms. The van der Waals surface area contributed by atoms with Crippen molar-refractivity contribution in [2.45, 2.75) is 0 Å². The molecule has 1 aromatic carbocycles. The molecule has 0 spiro atoms. The first-order chi connectivity index (χ1) is 7.81. The zero-order chi connectivity index (χ0) is 11.4. The molecule has 0 aliphatic rings. The van der Waals surface area contributed by atoms with Crippen molar-refractivity contribution in [2.75, 3.05) is 31.3 Å². The van der Waals surface area contributed by atoms with Crippen molar-refractivity contribution in [1.29, 1.82) is 0 Å². The van der Waals surface area contributed by atoms with Crippen molar-refractivity contribution in [1.82, 2.24) is 4.98 Å². The van der Waals surface area contributed by atoms with Crippen molar-refractivity contribution >= 4 is 22.4 Å². The number of pyridine rings is 1. The third-order valence-corrected chi connectivity index (χ3v) is 2.36. The van der Waals surface area contributed by atoms with Crippen LogP contribution in [-0.4, -0.2) is 25.2 Å². The minimum Gasteiger partial charge on any atom is -0.384 e. The second kappa shape index (κ2) is 4.81. The normalized spacial score (nSPS) is 10.6. The molecule has 2 rings (SSSR count). The Bertz CT molecular complexity index is 485. The molecule has 0 aliphatic carbocycles. The maximum absolute atomic E-state index is 5.75. The summed E-state index contributed by atoms with van der Waals surface area (Å²) in [6.07, 6.45) is 0. The molecule has 0 saturated heterocycles. The van der Waals surface area contributed by atoms with Gasteiger partial charge in [-0.05, 0) is 6.07 Å². The fourth-order valence-corrected chi connectivity index (χ4v) is 1.63. The minimum atomic E-state index is 0.526. The van der Waals surface area contributed by atoms with E-state index in [1.165, 1.54) is 0 Å². The summed E-state index contributed by atoms with van der Waals surface area (Å²) in [5.41, 5.74) is 7.65. The summed E-state index contributed by atoms with van der Waals surface area (Å²) >= 11 is 0. The standard InChI is InChI=1S/C12H15N3O/c1-16-7-6-14-11-8-12(13)15-10-5-3-2-4-9(10)11/h2-5,8H,6-7H2,1H3,(H3,13,14,15). The minimum absolute atomic E-state index is 0.526. The van der Waals surface area contributed by atoms with E-state index < -0.39 is 0 Å². The Labute approximate surface area is 94.4 Å². The van der Waals surface area contributed by atoms with Crippen molar-refractivity contribution in [3.8, 4) is 0 Å².